The van der Waals surface area contributed by atoms with Crippen LogP contribution in [0.2, 0.25) is 0 Å². The highest BCUT2D eigenvalue weighted by Gasteiger charge is 2.30. The van der Waals surface area contributed by atoms with Crippen molar-refractivity contribution in [2.24, 2.45) is 5.92 Å². The van der Waals surface area contributed by atoms with Gasteiger partial charge in [-0.15, -0.1) is 11.3 Å². The summed E-state index contributed by atoms with van der Waals surface area (Å²) < 4.78 is 5.67. The van der Waals surface area contributed by atoms with E-state index in [9.17, 15) is 4.79 Å². The van der Waals surface area contributed by atoms with Gasteiger partial charge in [-0.2, -0.15) is 0 Å². The van der Waals surface area contributed by atoms with E-state index >= 15 is 0 Å². The van der Waals surface area contributed by atoms with Gasteiger partial charge in [0.1, 0.15) is 5.69 Å². The summed E-state index contributed by atoms with van der Waals surface area (Å²) in [6.45, 7) is 9.95. The second-order valence-corrected chi connectivity index (χ2v) is 7.44. The van der Waals surface area contributed by atoms with Gasteiger partial charge in [-0.1, -0.05) is 13.8 Å². The monoisotopic (exact) mass is 311 g/mol. The van der Waals surface area contributed by atoms with Crippen molar-refractivity contribution in [3.8, 4) is 0 Å². The molecule has 0 aromatic carbocycles. The zero-order valence-corrected chi connectivity index (χ0v) is 14.0. The van der Waals surface area contributed by atoms with Crippen molar-refractivity contribution in [1.29, 1.82) is 0 Å². The standard InChI is InChI=1S/C15H25N3O2S/c1-10(2)8-16-14-18-12(9-21-14)13(19)17-11-5-6-20-15(3,4)7-11/h9-11H,5-8H2,1-4H3,(H,16,18)(H,17,19)/t11-/m1/s1. The third-order valence-electron chi connectivity index (χ3n) is 3.43. The molecule has 0 unspecified atom stereocenters. The molecule has 2 rings (SSSR count). The molecule has 0 spiro atoms. The minimum atomic E-state index is -0.164. The topological polar surface area (TPSA) is 63.2 Å². The molecule has 1 aromatic heterocycles. The number of nitrogens with one attached hydrogen (secondary N) is 2. The smallest absolute Gasteiger partial charge is 0.271 e. The molecule has 21 heavy (non-hydrogen) atoms. The van der Waals surface area contributed by atoms with Gasteiger partial charge < -0.3 is 15.4 Å². The van der Waals surface area contributed by atoms with Crippen LogP contribution >= 0.6 is 11.3 Å². The maximum absolute atomic E-state index is 12.2. The van der Waals surface area contributed by atoms with Crippen molar-refractivity contribution in [2.45, 2.75) is 52.2 Å². The van der Waals surface area contributed by atoms with Crippen LogP contribution in [0.3, 0.4) is 0 Å². The number of nitrogens with zero attached hydrogens (tertiary/aromatic N) is 1. The zero-order chi connectivity index (χ0) is 15.5. The Balaban J connectivity index is 1.88. The molecule has 5 nitrogen and oxygen atoms in total. The van der Waals surface area contributed by atoms with Crippen molar-refractivity contribution in [3.63, 3.8) is 0 Å². The second kappa shape index (κ2) is 6.75. The number of aromatic nitrogens is 1. The Hall–Kier alpha value is -1.14. The van der Waals surface area contributed by atoms with Crippen molar-refractivity contribution in [2.75, 3.05) is 18.5 Å². The van der Waals surface area contributed by atoms with Gasteiger partial charge >= 0.3 is 0 Å². The van der Waals surface area contributed by atoms with Gasteiger partial charge in [0, 0.05) is 24.6 Å². The van der Waals surface area contributed by atoms with Gasteiger partial charge in [0.15, 0.2) is 5.13 Å². The van der Waals surface area contributed by atoms with Crippen LogP contribution in [0.5, 0.6) is 0 Å². The van der Waals surface area contributed by atoms with Crippen LogP contribution < -0.4 is 10.6 Å². The highest BCUT2D eigenvalue weighted by Crippen LogP contribution is 2.24. The van der Waals surface area contributed by atoms with Gasteiger partial charge in [-0.05, 0) is 32.6 Å². The average Bonchev–Trinajstić information content (AvgIpc) is 2.84. The lowest BCUT2D eigenvalue weighted by molar-refractivity contribution is -0.0615. The van der Waals surface area contributed by atoms with Gasteiger partial charge in [0.25, 0.3) is 5.91 Å². The summed E-state index contributed by atoms with van der Waals surface area (Å²) in [6, 6.07) is 0.162. The minimum Gasteiger partial charge on any atom is -0.375 e. The number of ether oxygens (including phenoxy) is 1. The van der Waals surface area contributed by atoms with E-state index in [2.05, 4.69) is 43.3 Å². The van der Waals surface area contributed by atoms with E-state index in [1.807, 2.05) is 5.38 Å². The molecule has 0 aliphatic carbocycles. The zero-order valence-electron chi connectivity index (χ0n) is 13.2. The highest BCUT2D eigenvalue weighted by molar-refractivity contribution is 7.13. The Morgan fingerprint density at radius 2 is 2.33 bits per heavy atom. The van der Waals surface area contributed by atoms with E-state index < -0.39 is 0 Å². The molecule has 118 valence electrons. The molecule has 0 radical (unpaired) electrons. The molecule has 1 aliphatic heterocycles. The molecule has 1 atom stereocenters. The van der Waals surface area contributed by atoms with E-state index in [1.54, 1.807) is 0 Å². The van der Waals surface area contributed by atoms with Gasteiger partial charge in [-0.3, -0.25) is 4.79 Å². The number of rotatable bonds is 5. The lowest BCUT2D eigenvalue weighted by Gasteiger charge is -2.35. The molecular weight excluding hydrogens is 286 g/mol. The van der Waals surface area contributed by atoms with E-state index in [4.69, 9.17) is 4.74 Å². The summed E-state index contributed by atoms with van der Waals surface area (Å²) in [5.41, 5.74) is 0.331. The molecule has 1 amide bonds. The fourth-order valence-electron chi connectivity index (χ4n) is 2.37. The fraction of sp³-hybridized carbons (Fsp3) is 0.733. The predicted octanol–water partition coefficient (Wildman–Crippen LogP) is 2.90. The molecule has 2 heterocycles. The summed E-state index contributed by atoms with van der Waals surface area (Å²) in [5.74, 6) is 0.460. The lowest BCUT2D eigenvalue weighted by Crippen LogP contribution is -2.45. The summed E-state index contributed by atoms with van der Waals surface area (Å²) >= 11 is 1.47. The van der Waals surface area contributed by atoms with Gasteiger partial charge in [0.2, 0.25) is 0 Å². The normalized spacial score (nSPS) is 21.3. The summed E-state index contributed by atoms with van der Waals surface area (Å²) in [6.07, 6.45) is 1.69. The Morgan fingerprint density at radius 3 is 3.00 bits per heavy atom. The minimum absolute atomic E-state index is 0.0912. The fourth-order valence-corrected chi connectivity index (χ4v) is 3.07. The first-order valence-electron chi connectivity index (χ1n) is 7.50. The molecule has 1 aromatic rings. The van der Waals surface area contributed by atoms with E-state index in [0.717, 1.165) is 24.5 Å². The van der Waals surface area contributed by atoms with Crippen molar-refractivity contribution < 1.29 is 9.53 Å². The number of hydrogen-bond acceptors (Lipinski definition) is 5. The van der Waals surface area contributed by atoms with Crippen LogP contribution in [-0.2, 0) is 4.74 Å². The van der Waals surface area contributed by atoms with Crippen molar-refractivity contribution in [1.82, 2.24) is 10.3 Å². The van der Waals surface area contributed by atoms with Crippen LogP contribution in [-0.4, -0.2) is 35.7 Å². The van der Waals surface area contributed by atoms with Crippen LogP contribution in [0.25, 0.3) is 0 Å². The number of carbonyl (C=O) groups excluding carboxylic acids is 1. The first-order chi connectivity index (χ1) is 9.85. The molecule has 1 fully saturated rings. The number of amides is 1. The molecule has 1 saturated heterocycles. The predicted molar refractivity (Wildman–Crippen MR) is 86.0 cm³/mol. The van der Waals surface area contributed by atoms with Crippen LogP contribution in [0, 0.1) is 5.92 Å². The maximum atomic E-state index is 12.2. The molecule has 0 bridgehead atoms. The lowest BCUT2D eigenvalue weighted by atomic mass is 9.94. The van der Waals surface area contributed by atoms with Crippen LogP contribution in [0.15, 0.2) is 5.38 Å². The number of thiazole rings is 1. The Morgan fingerprint density at radius 1 is 1.57 bits per heavy atom. The van der Waals surface area contributed by atoms with Crippen molar-refractivity contribution >= 4 is 22.4 Å². The Labute approximate surface area is 130 Å². The molecule has 2 N–H and O–H groups in total. The average molecular weight is 311 g/mol. The van der Waals surface area contributed by atoms with Crippen LogP contribution in [0.4, 0.5) is 5.13 Å². The Kier molecular flexibility index (Phi) is 5.22. The number of hydrogen-bond donors (Lipinski definition) is 2. The second-order valence-electron chi connectivity index (χ2n) is 6.58. The molecule has 1 aliphatic rings. The maximum Gasteiger partial charge on any atom is 0.271 e. The summed E-state index contributed by atoms with van der Waals surface area (Å²) in [4.78, 5) is 16.6. The first kappa shape index (κ1) is 16.2. The highest BCUT2D eigenvalue weighted by atomic mass is 32.1. The largest absolute Gasteiger partial charge is 0.375 e. The van der Waals surface area contributed by atoms with Gasteiger partial charge in [-0.25, -0.2) is 4.98 Å². The van der Waals surface area contributed by atoms with E-state index in [0.29, 0.717) is 18.2 Å². The first-order valence-corrected chi connectivity index (χ1v) is 8.38. The third kappa shape index (κ3) is 4.97. The summed E-state index contributed by atoms with van der Waals surface area (Å²) in [5, 5.41) is 8.92. The SMILES string of the molecule is CC(C)CNc1nc(C(=O)N[C@@H]2CCOC(C)(C)C2)cs1. The van der Waals surface area contributed by atoms with E-state index in [1.165, 1.54) is 11.3 Å². The summed E-state index contributed by atoms with van der Waals surface area (Å²) in [7, 11) is 0. The Bertz CT molecular complexity index is 485. The third-order valence-corrected chi connectivity index (χ3v) is 4.23. The number of anilines is 1. The molecule has 0 saturated carbocycles. The van der Waals surface area contributed by atoms with E-state index in [-0.39, 0.29) is 17.6 Å². The van der Waals surface area contributed by atoms with Crippen LogP contribution in [0.1, 0.15) is 51.0 Å². The van der Waals surface area contributed by atoms with Crippen molar-refractivity contribution in [3.05, 3.63) is 11.1 Å². The molecular formula is C15H25N3O2S. The van der Waals surface area contributed by atoms with Gasteiger partial charge in [0.05, 0.1) is 5.60 Å². The number of carbonyl (C=O) groups is 1. The molecule has 6 heteroatoms. The quantitative estimate of drug-likeness (QED) is 0.877.